The molecule has 0 atom stereocenters. The Kier molecular flexibility index (Phi) is 5.00. The molecule has 0 saturated carbocycles. The molecule has 1 aromatic rings. The molecule has 19 heavy (non-hydrogen) atoms. The molecule has 0 heterocycles. The summed E-state index contributed by atoms with van der Waals surface area (Å²) in [5, 5.41) is 2.61. The van der Waals surface area contributed by atoms with Crippen molar-refractivity contribution in [2.75, 3.05) is 6.54 Å². The van der Waals surface area contributed by atoms with E-state index in [1.807, 2.05) is 39.8 Å². The fraction of sp³-hybridized carbons (Fsp3) is 0.438. The fourth-order valence-corrected chi connectivity index (χ4v) is 1.46. The molecule has 0 aromatic heterocycles. The highest BCUT2D eigenvalue weighted by Gasteiger charge is 2.14. The van der Waals surface area contributed by atoms with Gasteiger partial charge in [-0.3, -0.25) is 0 Å². The van der Waals surface area contributed by atoms with E-state index in [0.29, 0.717) is 0 Å². The summed E-state index contributed by atoms with van der Waals surface area (Å²) in [6.07, 6.45) is -0.442. The number of ether oxygens (including phenoxy) is 1. The predicted molar refractivity (Wildman–Crippen MR) is 77.0 cm³/mol. The van der Waals surface area contributed by atoms with E-state index in [0.717, 1.165) is 5.56 Å². The standard InChI is InChI=1S/C16H21NO2/c1-12-8-6-9-14(13(12)2)10-7-11-17-15(18)19-16(3,4)5/h6,8-9H,11H2,1-5H3,(H,17,18). The maximum atomic E-state index is 11.4. The second kappa shape index (κ2) is 6.29. The number of nitrogens with one attached hydrogen (secondary N) is 1. The van der Waals surface area contributed by atoms with Crippen molar-refractivity contribution in [2.45, 2.75) is 40.2 Å². The minimum absolute atomic E-state index is 0.280. The van der Waals surface area contributed by atoms with Crippen molar-refractivity contribution in [3.8, 4) is 11.8 Å². The normalized spacial score (nSPS) is 10.4. The van der Waals surface area contributed by atoms with Crippen LogP contribution in [-0.4, -0.2) is 18.2 Å². The van der Waals surface area contributed by atoms with Crippen LogP contribution in [0, 0.1) is 25.7 Å². The van der Waals surface area contributed by atoms with Gasteiger partial charge in [-0.15, -0.1) is 0 Å². The van der Waals surface area contributed by atoms with Crippen LogP contribution in [0.1, 0.15) is 37.5 Å². The van der Waals surface area contributed by atoms with Crippen molar-refractivity contribution in [1.29, 1.82) is 0 Å². The Balaban J connectivity index is 2.53. The van der Waals surface area contributed by atoms with Gasteiger partial charge in [-0.2, -0.15) is 0 Å². The lowest BCUT2D eigenvalue weighted by Gasteiger charge is -2.19. The van der Waals surface area contributed by atoms with Gasteiger partial charge in [-0.05, 0) is 51.8 Å². The van der Waals surface area contributed by atoms with E-state index < -0.39 is 11.7 Å². The molecule has 1 amide bonds. The zero-order chi connectivity index (χ0) is 14.5. The smallest absolute Gasteiger partial charge is 0.408 e. The van der Waals surface area contributed by atoms with Gasteiger partial charge >= 0.3 is 6.09 Å². The summed E-state index contributed by atoms with van der Waals surface area (Å²) in [7, 11) is 0. The van der Waals surface area contributed by atoms with E-state index >= 15 is 0 Å². The first-order valence-electron chi connectivity index (χ1n) is 6.31. The van der Waals surface area contributed by atoms with Crippen LogP contribution in [0.3, 0.4) is 0 Å². The summed E-state index contributed by atoms with van der Waals surface area (Å²) in [5.74, 6) is 5.98. The molecule has 1 rings (SSSR count). The first-order valence-corrected chi connectivity index (χ1v) is 6.31. The lowest BCUT2D eigenvalue weighted by molar-refractivity contribution is 0.0535. The summed E-state index contributed by atoms with van der Waals surface area (Å²) in [6, 6.07) is 6.01. The van der Waals surface area contributed by atoms with Gasteiger partial charge < -0.3 is 10.1 Å². The quantitative estimate of drug-likeness (QED) is 0.787. The summed E-state index contributed by atoms with van der Waals surface area (Å²) in [5.41, 5.74) is 2.90. The molecular weight excluding hydrogens is 238 g/mol. The average Bonchev–Trinajstić information content (AvgIpc) is 2.27. The largest absolute Gasteiger partial charge is 0.444 e. The maximum Gasteiger partial charge on any atom is 0.408 e. The molecule has 0 aliphatic rings. The second-order valence-electron chi connectivity index (χ2n) is 5.40. The third-order valence-electron chi connectivity index (χ3n) is 2.55. The van der Waals surface area contributed by atoms with E-state index in [9.17, 15) is 4.79 Å². The monoisotopic (exact) mass is 259 g/mol. The number of aryl methyl sites for hydroxylation is 1. The van der Waals surface area contributed by atoms with Crippen LogP contribution in [0.2, 0.25) is 0 Å². The van der Waals surface area contributed by atoms with Gasteiger partial charge in [-0.25, -0.2) is 4.79 Å². The number of hydrogen-bond donors (Lipinski definition) is 1. The summed E-state index contributed by atoms with van der Waals surface area (Å²) >= 11 is 0. The number of benzene rings is 1. The second-order valence-corrected chi connectivity index (χ2v) is 5.40. The Morgan fingerprint density at radius 1 is 1.32 bits per heavy atom. The van der Waals surface area contributed by atoms with Crippen molar-refractivity contribution >= 4 is 6.09 Å². The van der Waals surface area contributed by atoms with Crippen LogP contribution >= 0.6 is 0 Å². The molecule has 3 nitrogen and oxygen atoms in total. The zero-order valence-electron chi connectivity index (χ0n) is 12.3. The molecule has 1 aromatic carbocycles. The van der Waals surface area contributed by atoms with Gasteiger partial charge in [0.1, 0.15) is 5.60 Å². The van der Waals surface area contributed by atoms with E-state index in [1.165, 1.54) is 11.1 Å². The van der Waals surface area contributed by atoms with Crippen LogP contribution in [0.5, 0.6) is 0 Å². The fourth-order valence-electron chi connectivity index (χ4n) is 1.46. The SMILES string of the molecule is Cc1cccc(C#CCNC(=O)OC(C)(C)C)c1C. The molecule has 0 unspecified atom stereocenters. The van der Waals surface area contributed by atoms with Gasteiger partial charge in [0.05, 0.1) is 6.54 Å². The van der Waals surface area contributed by atoms with Crippen LogP contribution in [0.4, 0.5) is 4.79 Å². The van der Waals surface area contributed by atoms with Crippen LogP contribution in [-0.2, 0) is 4.74 Å². The van der Waals surface area contributed by atoms with Gasteiger partial charge in [0.15, 0.2) is 0 Å². The lowest BCUT2D eigenvalue weighted by Crippen LogP contribution is -2.32. The minimum Gasteiger partial charge on any atom is -0.444 e. The number of carbonyl (C=O) groups is 1. The van der Waals surface area contributed by atoms with Crippen LogP contribution < -0.4 is 5.32 Å². The third-order valence-corrected chi connectivity index (χ3v) is 2.55. The Labute approximate surface area is 115 Å². The molecule has 0 radical (unpaired) electrons. The molecular formula is C16H21NO2. The van der Waals surface area contributed by atoms with Crippen molar-refractivity contribution < 1.29 is 9.53 Å². The van der Waals surface area contributed by atoms with Crippen molar-refractivity contribution in [3.63, 3.8) is 0 Å². The van der Waals surface area contributed by atoms with E-state index in [4.69, 9.17) is 4.74 Å². The first-order chi connectivity index (χ1) is 8.79. The van der Waals surface area contributed by atoms with Gasteiger partial charge in [0.25, 0.3) is 0 Å². The molecule has 1 N–H and O–H groups in total. The van der Waals surface area contributed by atoms with Crippen LogP contribution in [0.15, 0.2) is 18.2 Å². The van der Waals surface area contributed by atoms with Gasteiger partial charge in [0, 0.05) is 5.56 Å². The van der Waals surface area contributed by atoms with Crippen LogP contribution in [0.25, 0.3) is 0 Å². The average molecular weight is 259 g/mol. The highest BCUT2D eigenvalue weighted by atomic mass is 16.6. The minimum atomic E-state index is -0.482. The van der Waals surface area contributed by atoms with Crippen molar-refractivity contribution in [2.24, 2.45) is 0 Å². The number of carbonyl (C=O) groups excluding carboxylic acids is 1. The van der Waals surface area contributed by atoms with Gasteiger partial charge in [-0.1, -0.05) is 24.0 Å². The zero-order valence-corrected chi connectivity index (χ0v) is 12.3. The van der Waals surface area contributed by atoms with Crippen molar-refractivity contribution in [3.05, 3.63) is 34.9 Å². The molecule has 0 spiro atoms. The Hall–Kier alpha value is -1.95. The molecule has 0 saturated heterocycles. The number of rotatable bonds is 1. The highest BCUT2D eigenvalue weighted by Crippen LogP contribution is 2.10. The van der Waals surface area contributed by atoms with E-state index in [-0.39, 0.29) is 6.54 Å². The third kappa shape index (κ3) is 5.48. The number of alkyl carbamates (subject to hydrolysis) is 1. The van der Waals surface area contributed by atoms with Gasteiger partial charge in [0.2, 0.25) is 0 Å². The maximum absolute atomic E-state index is 11.4. The predicted octanol–water partition coefficient (Wildman–Crippen LogP) is 3.18. The number of hydrogen-bond acceptors (Lipinski definition) is 2. The lowest BCUT2D eigenvalue weighted by atomic mass is 10.0. The first kappa shape index (κ1) is 15.1. The molecule has 0 fully saturated rings. The molecule has 0 aliphatic carbocycles. The molecule has 102 valence electrons. The Morgan fingerprint density at radius 3 is 2.63 bits per heavy atom. The van der Waals surface area contributed by atoms with E-state index in [1.54, 1.807) is 0 Å². The summed E-state index contributed by atoms with van der Waals surface area (Å²) in [6.45, 7) is 9.86. The number of amides is 1. The molecule has 3 heteroatoms. The summed E-state index contributed by atoms with van der Waals surface area (Å²) in [4.78, 5) is 11.4. The van der Waals surface area contributed by atoms with Crippen molar-refractivity contribution in [1.82, 2.24) is 5.32 Å². The summed E-state index contributed by atoms with van der Waals surface area (Å²) < 4.78 is 5.12. The van der Waals surface area contributed by atoms with E-state index in [2.05, 4.69) is 30.1 Å². The highest BCUT2D eigenvalue weighted by molar-refractivity contribution is 5.68. The molecule has 0 aliphatic heterocycles. The Morgan fingerprint density at radius 2 is 2.00 bits per heavy atom. The molecule has 0 bridgehead atoms. The Bertz CT molecular complexity index is 516. The topological polar surface area (TPSA) is 38.3 Å².